The molecular formula is C15H22FNO4. The van der Waals surface area contributed by atoms with Gasteiger partial charge in [-0.1, -0.05) is 6.07 Å². The minimum atomic E-state index is -0.806. The number of benzene rings is 1. The van der Waals surface area contributed by atoms with Gasteiger partial charge in [0.2, 0.25) is 0 Å². The van der Waals surface area contributed by atoms with Crippen molar-refractivity contribution >= 4 is 5.91 Å². The molecular weight excluding hydrogens is 277 g/mol. The summed E-state index contributed by atoms with van der Waals surface area (Å²) >= 11 is 0. The highest BCUT2D eigenvalue weighted by molar-refractivity contribution is 5.80. The van der Waals surface area contributed by atoms with Gasteiger partial charge in [0.25, 0.3) is 5.91 Å². The van der Waals surface area contributed by atoms with Crippen molar-refractivity contribution in [2.24, 2.45) is 0 Å². The fraction of sp³-hybridized carbons (Fsp3) is 0.533. The molecule has 0 aliphatic carbocycles. The molecule has 6 heteroatoms. The lowest BCUT2D eigenvalue weighted by atomic mass is 10.1. The number of methoxy groups -OCH3 is 1. The van der Waals surface area contributed by atoms with Crippen LogP contribution in [0.2, 0.25) is 0 Å². The van der Waals surface area contributed by atoms with E-state index in [0.29, 0.717) is 25.1 Å². The van der Waals surface area contributed by atoms with Gasteiger partial charge in [-0.05, 0) is 38.0 Å². The van der Waals surface area contributed by atoms with Gasteiger partial charge in [-0.2, -0.15) is 0 Å². The third-order valence-corrected chi connectivity index (χ3v) is 2.94. The van der Waals surface area contributed by atoms with Crippen LogP contribution in [0.5, 0.6) is 5.75 Å². The van der Waals surface area contributed by atoms with Crippen molar-refractivity contribution in [1.82, 2.24) is 5.32 Å². The van der Waals surface area contributed by atoms with Gasteiger partial charge in [-0.25, -0.2) is 4.39 Å². The van der Waals surface area contributed by atoms with Crippen LogP contribution in [-0.4, -0.2) is 37.4 Å². The minimum Gasteiger partial charge on any atom is -0.478 e. The second kappa shape index (κ2) is 8.59. The van der Waals surface area contributed by atoms with Crippen LogP contribution in [0.25, 0.3) is 0 Å². The van der Waals surface area contributed by atoms with E-state index in [4.69, 9.17) is 9.47 Å². The molecule has 2 atom stereocenters. The summed E-state index contributed by atoms with van der Waals surface area (Å²) in [5.41, 5.74) is 0.455. The molecule has 0 saturated carbocycles. The minimum absolute atomic E-state index is 0.0149. The Morgan fingerprint density at radius 3 is 2.71 bits per heavy atom. The molecule has 21 heavy (non-hydrogen) atoms. The lowest BCUT2D eigenvalue weighted by Gasteiger charge is -2.16. The van der Waals surface area contributed by atoms with Gasteiger partial charge < -0.3 is 19.9 Å². The van der Waals surface area contributed by atoms with E-state index in [0.717, 1.165) is 0 Å². The summed E-state index contributed by atoms with van der Waals surface area (Å²) in [5, 5.41) is 12.0. The van der Waals surface area contributed by atoms with Gasteiger partial charge in [0.1, 0.15) is 0 Å². The summed E-state index contributed by atoms with van der Waals surface area (Å²) in [7, 11) is 1.59. The summed E-state index contributed by atoms with van der Waals surface area (Å²) < 4.78 is 24.0. The number of carbonyl (C=O) groups is 1. The highest BCUT2D eigenvalue weighted by Crippen LogP contribution is 2.22. The Hall–Kier alpha value is -1.66. The Labute approximate surface area is 124 Å². The van der Waals surface area contributed by atoms with E-state index in [1.54, 1.807) is 27.0 Å². The highest BCUT2D eigenvalue weighted by atomic mass is 19.1. The molecule has 0 saturated heterocycles. The quantitative estimate of drug-likeness (QED) is 0.718. The Balaban J connectivity index is 2.54. The predicted molar refractivity (Wildman–Crippen MR) is 76.6 cm³/mol. The molecule has 0 heterocycles. The number of amides is 1. The summed E-state index contributed by atoms with van der Waals surface area (Å²) in [5.74, 6) is -0.934. The lowest BCUT2D eigenvalue weighted by molar-refractivity contribution is -0.127. The molecule has 0 bridgehead atoms. The first-order valence-electron chi connectivity index (χ1n) is 6.86. The predicted octanol–water partition coefficient (Wildman–Crippen LogP) is 1.80. The Morgan fingerprint density at radius 2 is 2.14 bits per heavy atom. The van der Waals surface area contributed by atoms with Crippen molar-refractivity contribution in [2.45, 2.75) is 32.5 Å². The first kappa shape index (κ1) is 17.4. The highest BCUT2D eigenvalue weighted by Gasteiger charge is 2.16. The number of hydrogen-bond acceptors (Lipinski definition) is 4. The van der Waals surface area contributed by atoms with Crippen molar-refractivity contribution in [2.75, 3.05) is 20.3 Å². The van der Waals surface area contributed by atoms with E-state index in [-0.39, 0.29) is 11.7 Å². The number of halogens is 1. The lowest BCUT2D eigenvalue weighted by Crippen LogP contribution is -2.37. The Morgan fingerprint density at radius 1 is 1.43 bits per heavy atom. The first-order chi connectivity index (χ1) is 9.95. The van der Waals surface area contributed by atoms with Crippen LogP contribution in [0.15, 0.2) is 18.2 Å². The van der Waals surface area contributed by atoms with E-state index in [1.165, 1.54) is 12.1 Å². The van der Waals surface area contributed by atoms with Gasteiger partial charge in [-0.15, -0.1) is 0 Å². The van der Waals surface area contributed by atoms with Crippen LogP contribution < -0.4 is 10.1 Å². The SMILES string of the molecule is COCCCNC(=O)C(C)Oc1ccc([C@@H](C)O)cc1F. The molecule has 2 N–H and O–H groups in total. The third-order valence-electron chi connectivity index (χ3n) is 2.94. The number of ether oxygens (including phenoxy) is 2. The van der Waals surface area contributed by atoms with Crippen LogP contribution in [-0.2, 0) is 9.53 Å². The number of carbonyl (C=O) groups excluding carboxylic acids is 1. The summed E-state index contributed by atoms with van der Waals surface area (Å²) in [6.07, 6.45) is -0.860. The van der Waals surface area contributed by atoms with Crippen LogP contribution >= 0.6 is 0 Å². The average molecular weight is 299 g/mol. The van der Waals surface area contributed by atoms with E-state index < -0.39 is 18.0 Å². The standard InChI is InChI=1S/C15H22FNO4/c1-10(18)12-5-6-14(13(16)9-12)21-11(2)15(19)17-7-4-8-20-3/h5-6,9-11,18H,4,7-8H2,1-3H3,(H,17,19)/t10-,11?/m1/s1. The molecule has 0 fully saturated rings. The van der Waals surface area contributed by atoms with Crippen molar-refractivity contribution in [3.8, 4) is 5.75 Å². The fourth-order valence-corrected chi connectivity index (χ4v) is 1.69. The van der Waals surface area contributed by atoms with Gasteiger partial charge in [0.05, 0.1) is 6.10 Å². The van der Waals surface area contributed by atoms with Crippen LogP contribution in [0.1, 0.15) is 31.9 Å². The van der Waals surface area contributed by atoms with Crippen molar-refractivity contribution in [1.29, 1.82) is 0 Å². The zero-order valence-electron chi connectivity index (χ0n) is 12.6. The van der Waals surface area contributed by atoms with E-state index in [1.807, 2.05) is 0 Å². The molecule has 1 rings (SSSR count). The maximum atomic E-state index is 13.8. The largest absolute Gasteiger partial charge is 0.478 e. The number of rotatable bonds is 8. The molecule has 0 spiro atoms. The number of aliphatic hydroxyl groups excluding tert-OH is 1. The molecule has 0 aliphatic heterocycles. The van der Waals surface area contributed by atoms with E-state index in [2.05, 4.69) is 5.32 Å². The van der Waals surface area contributed by atoms with Gasteiger partial charge in [-0.3, -0.25) is 4.79 Å². The normalized spacial score (nSPS) is 13.6. The number of aliphatic hydroxyl groups is 1. The zero-order chi connectivity index (χ0) is 15.8. The molecule has 0 aliphatic rings. The Bertz CT molecular complexity index is 465. The van der Waals surface area contributed by atoms with Crippen LogP contribution in [0.4, 0.5) is 4.39 Å². The zero-order valence-corrected chi connectivity index (χ0v) is 12.6. The topological polar surface area (TPSA) is 67.8 Å². The summed E-state index contributed by atoms with van der Waals surface area (Å²) in [4.78, 5) is 11.8. The van der Waals surface area contributed by atoms with Crippen LogP contribution in [0.3, 0.4) is 0 Å². The second-order valence-electron chi connectivity index (χ2n) is 4.76. The van der Waals surface area contributed by atoms with E-state index >= 15 is 0 Å². The van der Waals surface area contributed by atoms with Gasteiger partial charge in [0.15, 0.2) is 17.7 Å². The molecule has 118 valence electrons. The van der Waals surface area contributed by atoms with Crippen molar-refractivity contribution < 1.29 is 23.8 Å². The van der Waals surface area contributed by atoms with Gasteiger partial charge in [0, 0.05) is 20.3 Å². The summed E-state index contributed by atoms with van der Waals surface area (Å²) in [6, 6.07) is 4.17. The molecule has 1 amide bonds. The van der Waals surface area contributed by atoms with E-state index in [9.17, 15) is 14.3 Å². The molecule has 1 aromatic carbocycles. The smallest absolute Gasteiger partial charge is 0.260 e. The van der Waals surface area contributed by atoms with Crippen molar-refractivity contribution in [3.63, 3.8) is 0 Å². The van der Waals surface area contributed by atoms with Crippen LogP contribution in [0, 0.1) is 5.82 Å². The molecule has 0 aromatic heterocycles. The molecule has 0 radical (unpaired) electrons. The number of hydrogen-bond donors (Lipinski definition) is 2. The third kappa shape index (κ3) is 5.69. The fourth-order valence-electron chi connectivity index (χ4n) is 1.69. The Kier molecular flexibility index (Phi) is 7.11. The number of nitrogens with one attached hydrogen (secondary N) is 1. The molecule has 5 nitrogen and oxygen atoms in total. The summed E-state index contributed by atoms with van der Waals surface area (Å²) in [6.45, 7) is 4.13. The van der Waals surface area contributed by atoms with Crippen molar-refractivity contribution in [3.05, 3.63) is 29.6 Å². The van der Waals surface area contributed by atoms with Gasteiger partial charge >= 0.3 is 0 Å². The molecule has 1 unspecified atom stereocenters. The first-order valence-corrected chi connectivity index (χ1v) is 6.86. The average Bonchev–Trinajstić information content (AvgIpc) is 2.45. The second-order valence-corrected chi connectivity index (χ2v) is 4.76. The monoisotopic (exact) mass is 299 g/mol. The maximum absolute atomic E-state index is 13.8. The molecule has 1 aromatic rings. The maximum Gasteiger partial charge on any atom is 0.260 e.